The highest BCUT2D eigenvalue weighted by molar-refractivity contribution is 9.10. The average molecular weight is 535 g/mol. The van der Waals surface area contributed by atoms with Crippen molar-refractivity contribution in [2.45, 2.75) is 32.5 Å². The van der Waals surface area contributed by atoms with Crippen LogP contribution in [0.2, 0.25) is 0 Å². The molecular weight excluding hydrogens is 508 g/mol. The summed E-state index contributed by atoms with van der Waals surface area (Å²) in [5.41, 5.74) is 3.18. The van der Waals surface area contributed by atoms with Crippen LogP contribution in [0.15, 0.2) is 76.2 Å². The maximum atomic E-state index is 12.9. The maximum absolute atomic E-state index is 12.9. The summed E-state index contributed by atoms with van der Waals surface area (Å²) in [6.07, 6.45) is 7.37. The Morgan fingerprint density at radius 1 is 1.14 bits per heavy atom. The van der Waals surface area contributed by atoms with Crippen LogP contribution in [0.25, 0.3) is 11.4 Å². The minimum absolute atomic E-state index is 0.0493. The summed E-state index contributed by atoms with van der Waals surface area (Å²) in [5.74, 6) is 1.19. The summed E-state index contributed by atoms with van der Waals surface area (Å²) in [5, 5.41) is 7.25. The molecule has 1 saturated heterocycles. The van der Waals surface area contributed by atoms with E-state index in [1.54, 1.807) is 12.5 Å². The van der Waals surface area contributed by atoms with E-state index in [2.05, 4.69) is 53.4 Å². The molecule has 3 heterocycles. The van der Waals surface area contributed by atoms with Crippen LogP contribution in [0.5, 0.6) is 0 Å². The van der Waals surface area contributed by atoms with E-state index in [0.717, 1.165) is 41.5 Å². The van der Waals surface area contributed by atoms with Crippen molar-refractivity contribution in [3.63, 3.8) is 0 Å². The molecule has 4 aromatic rings. The van der Waals surface area contributed by atoms with Crippen LogP contribution in [0.1, 0.15) is 29.9 Å². The summed E-state index contributed by atoms with van der Waals surface area (Å²) in [7, 11) is 0. The van der Waals surface area contributed by atoms with Gasteiger partial charge in [-0.25, -0.2) is 4.98 Å². The molecule has 1 amide bonds. The van der Waals surface area contributed by atoms with Crippen LogP contribution < -0.4 is 5.32 Å². The van der Waals surface area contributed by atoms with Gasteiger partial charge in [0.2, 0.25) is 17.6 Å². The van der Waals surface area contributed by atoms with Crippen LogP contribution in [0.4, 0.5) is 0 Å². The average Bonchev–Trinajstić information content (AvgIpc) is 3.56. The lowest BCUT2D eigenvalue weighted by molar-refractivity contribution is -0.127. The minimum atomic E-state index is -0.0493. The first-order valence-corrected chi connectivity index (χ1v) is 12.5. The maximum Gasteiger partial charge on any atom is 0.241 e. The minimum Gasteiger partial charge on any atom is -0.352 e. The molecule has 0 saturated carbocycles. The van der Waals surface area contributed by atoms with Gasteiger partial charge in [0.15, 0.2) is 0 Å². The molecule has 180 valence electrons. The number of nitrogens with zero attached hydrogens (tertiary/aromatic N) is 5. The van der Waals surface area contributed by atoms with Gasteiger partial charge in [-0.05, 0) is 54.8 Å². The largest absolute Gasteiger partial charge is 0.352 e. The number of imidazole rings is 1. The van der Waals surface area contributed by atoms with E-state index in [9.17, 15) is 4.79 Å². The predicted octanol–water partition coefficient (Wildman–Crippen LogP) is 4.27. The van der Waals surface area contributed by atoms with Gasteiger partial charge in [0.05, 0.1) is 18.8 Å². The molecule has 1 aliphatic rings. The lowest BCUT2D eigenvalue weighted by Crippen LogP contribution is -2.42. The van der Waals surface area contributed by atoms with Crippen molar-refractivity contribution in [1.82, 2.24) is 29.9 Å². The topological polar surface area (TPSA) is 89.1 Å². The van der Waals surface area contributed by atoms with Crippen LogP contribution in [-0.2, 0) is 24.4 Å². The molecule has 5 rings (SSSR count). The first-order valence-electron chi connectivity index (χ1n) is 11.7. The standard InChI is InChI=1S/C26H27BrN6O2/c27-23-8-6-21(7-9-23)25-30-24(35-31-25)17-32-11-2-5-22(16-32)26(34)29-14-19-3-1-4-20(13-19)15-33-12-10-28-18-33/h1,3-4,6-10,12-13,18,22H,2,5,11,14-17H2,(H,29,34). The summed E-state index contributed by atoms with van der Waals surface area (Å²) in [4.78, 5) is 23.8. The van der Waals surface area contributed by atoms with Gasteiger partial charge in [-0.3, -0.25) is 9.69 Å². The summed E-state index contributed by atoms with van der Waals surface area (Å²) in [6.45, 7) is 3.42. The highest BCUT2D eigenvalue weighted by Crippen LogP contribution is 2.22. The molecule has 35 heavy (non-hydrogen) atoms. The van der Waals surface area contributed by atoms with E-state index in [4.69, 9.17) is 4.52 Å². The monoisotopic (exact) mass is 534 g/mol. The van der Waals surface area contributed by atoms with E-state index in [1.165, 1.54) is 5.56 Å². The van der Waals surface area contributed by atoms with Crippen LogP contribution >= 0.6 is 15.9 Å². The molecule has 0 bridgehead atoms. The van der Waals surface area contributed by atoms with Crippen molar-refractivity contribution < 1.29 is 9.32 Å². The zero-order valence-electron chi connectivity index (χ0n) is 19.3. The Hall–Kier alpha value is -3.30. The molecule has 8 nitrogen and oxygen atoms in total. The van der Waals surface area contributed by atoms with Gasteiger partial charge < -0.3 is 14.4 Å². The number of carbonyl (C=O) groups excluding carboxylic acids is 1. The molecule has 0 radical (unpaired) electrons. The van der Waals surface area contributed by atoms with E-state index in [1.807, 2.05) is 47.2 Å². The Morgan fingerprint density at radius 3 is 2.83 bits per heavy atom. The summed E-state index contributed by atoms with van der Waals surface area (Å²) >= 11 is 3.44. The molecule has 1 atom stereocenters. The van der Waals surface area contributed by atoms with Crippen molar-refractivity contribution in [2.24, 2.45) is 5.92 Å². The first kappa shape index (κ1) is 23.4. The van der Waals surface area contributed by atoms with Gasteiger partial charge in [-0.2, -0.15) is 4.98 Å². The molecule has 2 aromatic carbocycles. The van der Waals surface area contributed by atoms with Crippen molar-refractivity contribution in [3.8, 4) is 11.4 Å². The van der Waals surface area contributed by atoms with Crippen LogP contribution in [-0.4, -0.2) is 43.6 Å². The van der Waals surface area contributed by atoms with E-state index >= 15 is 0 Å². The number of carbonyl (C=O) groups is 1. The van der Waals surface area contributed by atoms with Crippen LogP contribution in [0.3, 0.4) is 0 Å². The van der Waals surface area contributed by atoms with Gasteiger partial charge in [0, 0.05) is 42.1 Å². The Morgan fingerprint density at radius 2 is 2.00 bits per heavy atom. The van der Waals surface area contributed by atoms with Gasteiger partial charge >= 0.3 is 0 Å². The second-order valence-corrected chi connectivity index (χ2v) is 9.78. The number of aromatic nitrogens is 4. The lowest BCUT2D eigenvalue weighted by atomic mass is 9.97. The zero-order chi connectivity index (χ0) is 24.0. The Kier molecular flexibility index (Phi) is 7.34. The van der Waals surface area contributed by atoms with Crippen molar-refractivity contribution in [1.29, 1.82) is 0 Å². The normalized spacial score (nSPS) is 16.3. The van der Waals surface area contributed by atoms with Crippen molar-refractivity contribution >= 4 is 21.8 Å². The molecular formula is C26H27BrN6O2. The molecule has 0 aliphatic carbocycles. The Balaban J connectivity index is 1.13. The third kappa shape index (κ3) is 6.23. The first-order chi connectivity index (χ1) is 17.1. The Bertz CT molecular complexity index is 1260. The number of nitrogens with one attached hydrogen (secondary N) is 1. The fraction of sp³-hybridized carbons (Fsp3) is 0.308. The number of likely N-dealkylation sites (tertiary alicyclic amines) is 1. The Labute approximate surface area is 212 Å². The fourth-order valence-corrected chi connectivity index (χ4v) is 4.67. The second-order valence-electron chi connectivity index (χ2n) is 8.87. The van der Waals surface area contributed by atoms with E-state index < -0.39 is 0 Å². The zero-order valence-corrected chi connectivity index (χ0v) is 20.9. The lowest BCUT2D eigenvalue weighted by Gasteiger charge is -2.30. The number of benzene rings is 2. The number of hydrogen-bond donors (Lipinski definition) is 1. The molecule has 0 spiro atoms. The van der Waals surface area contributed by atoms with Gasteiger partial charge in [-0.1, -0.05) is 45.4 Å². The molecule has 1 N–H and O–H groups in total. The summed E-state index contributed by atoms with van der Waals surface area (Å²) < 4.78 is 8.51. The quantitative estimate of drug-likeness (QED) is 0.363. The fourth-order valence-electron chi connectivity index (χ4n) is 4.40. The van der Waals surface area contributed by atoms with Crippen molar-refractivity contribution in [2.75, 3.05) is 13.1 Å². The molecule has 2 aromatic heterocycles. The highest BCUT2D eigenvalue weighted by Gasteiger charge is 2.26. The number of amides is 1. The third-order valence-corrected chi connectivity index (χ3v) is 6.72. The SMILES string of the molecule is O=C(NCc1cccc(Cn2ccnc2)c1)C1CCCN(Cc2nc(-c3ccc(Br)cc3)no2)C1. The number of rotatable bonds is 8. The van der Waals surface area contributed by atoms with E-state index in [0.29, 0.717) is 31.3 Å². The van der Waals surface area contributed by atoms with Gasteiger partial charge in [0.1, 0.15) is 0 Å². The molecule has 1 fully saturated rings. The van der Waals surface area contributed by atoms with Crippen molar-refractivity contribution in [3.05, 3.63) is 88.7 Å². The smallest absolute Gasteiger partial charge is 0.241 e. The van der Waals surface area contributed by atoms with Crippen LogP contribution in [0, 0.1) is 5.92 Å². The number of piperidine rings is 1. The van der Waals surface area contributed by atoms with E-state index in [-0.39, 0.29) is 11.8 Å². The number of halogens is 1. The summed E-state index contributed by atoms with van der Waals surface area (Å²) in [6, 6.07) is 16.1. The van der Waals surface area contributed by atoms with Gasteiger partial charge in [-0.15, -0.1) is 0 Å². The third-order valence-electron chi connectivity index (χ3n) is 6.19. The second kappa shape index (κ2) is 11.0. The highest BCUT2D eigenvalue weighted by atomic mass is 79.9. The molecule has 9 heteroatoms. The molecule has 1 aliphatic heterocycles. The number of hydrogen-bond acceptors (Lipinski definition) is 6. The molecule has 1 unspecified atom stereocenters. The van der Waals surface area contributed by atoms with Gasteiger partial charge in [0.25, 0.3) is 0 Å². The predicted molar refractivity (Wildman–Crippen MR) is 135 cm³/mol.